The van der Waals surface area contributed by atoms with Gasteiger partial charge in [-0.15, -0.1) is 0 Å². The molecule has 11 aromatic carbocycles. The highest BCUT2D eigenvalue weighted by Gasteiger charge is 2.25. The Kier molecular flexibility index (Phi) is 12.3. The van der Waals surface area contributed by atoms with Crippen LogP contribution >= 0.6 is 0 Å². The lowest BCUT2D eigenvalue weighted by atomic mass is 9.92. The Labute approximate surface area is 464 Å². The molecule has 14 rings (SSSR count). The fraction of sp³-hybridized carbons (Fsp3) is 0. The summed E-state index contributed by atoms with van der Waals surface area (Å²) in [7, 11) is 0. The van der Waals surface area contributed by atoms with Crippen molar-refractivity contribution in [3.63, 3.8) is 0 Å². The second kappa shape index (κ2) is 20.7. The van der Waals surface area contributed by atoms with Crippen LogP contribution in [0.15, 0.2) is 298 Å². The summed E-state index contributed by atoms with van der Waals surface area (Å²) < 4.78 is 4.90. The highest BCUT2D eigenvalue weighted by atomic mass is 15.0. The molecule has 3 aromatic heterocycles. The average molecular weight is 1020 g/mol. The topological polar surface area (TPSA) is 48.5 Å². The first-order valence-corrected chi connectivity index (χ1v) is 27.0. The molecule has 0 saturated heterocycles. The van der Waals surface area contributed by atoms with Gasteiger partial charge < -0.3 is 9.13 Å². The summed E-state index contributed by atoms with van der Waals surface area (Å²) in [6.07, 6.45) is 6.22. The van der Waals surface area contributed by atoms with Gasteiger partial charge in [0.2, 0.25) is 0 Å². The highest BCUT2D eigenvalue weighted by Crippen LogP contribution is 2.46. The summed E-state index contributed by atoms with van der Waals surface area (Å²) in [6.45, 7) is 4.49. The molecule has 0 saturated carbocycles. The van der Waals surface area contributed by atoms with Crippen LogP contribution in [0.1, 0.15) is 17.0 Å². The molecule has 3 heterocycles. The van der Waals surface area contributed by atoms with Crippen LogP contribution in [0.5, 0.6) is 0 Å². The minimum absolute atomic E-state index is 0.525. The minimum Gasteiger partial charge on any atom is -0.309 e. The van der Waals surface area contributed by atoms with E-state index in [2.05, 4.69) is 277 Å². The Morgan fingerprint density at radius 1 is 0.338 bits per heavy atom. The van der Waals surface area contributed by atoms with E-state index in [1.807, 2.05) is 36.4 Å². The maximum atomic E-state index is 5.41. The second-order valence-corrected chi connectivity index (χ2v) is 20.1. The molecule has 0 amide bonds. The summed E-state index contributed by atoms with van der Waals surface area (Å²) in [5.41, 5.74) is 18.9. The lowest BCUT2D eigenvalue weighted by Crippen LogP contribution is -2.04. The third-order valence-corrected chi connectivity index (χ3v) is 15.1. The van der Waals surface area contributed by atoms with Crippen LogP contribution in [0.4, 0.5) is 0 Å². The molecule has 0 aliphatic rings. The van der Waals surface area contributed by atoms with Crippen molar-refractivity contribution in [1.82, 2.24) is 24.1 Å². The predicted octanol–water partition coefficient (Wildman–Crippen LogP) is 19.2. The number of para-hydroxylation sites is 3. The maximum absolute atomic E-state index is 5.41. The zero-order valence-electron chi connectivity index (χ0n) is 43.7. The molecule has 0 N–H and O–H groups in total. The number of allylic oxidation sites excluding steroid dienone is 4. The largest absolute Gasteiger partial charge is 0.309 e. The summed E-state index contributed by atoms with van der Waals surface area (Å²) >= 11 is 0. The van der Waals surface area contributed by atoms with Gasteiger partial charge in [0.05, 0.1) is 27.8 Å². The number of benzene rings is 11. The SMILES string of the molecule is C=C(/C=C(\C=C\c1nc(-c2ccc(-c3ccccc3)cc2)nc(-c2cc(-c3ccccc3)c(-n3c4ccccc4c4cc5c(cc43)c3ccccc3n5-c3ccccc3)c(-c3ccccc3)c2)n1)c1ccccc1)c1ccccc1. The Morgan fingerprint density at radius 2 is 0.762 bits per heavy atom. The first kappa shape index (κ1) is 47.7. The van der Waals surface area contributed by atoms with E-state index in [1.54, 1.807) is 0 Å². The lowest BCUT2D eigenvalue weighted by Gasteiger charge is -2.21. The third kappa shape index (κ3) is 8.89. The van der Waals surface area contributed by atoms with Crippen LogP contribution in [-0.4, -0.2) is 24.1 Å². The molecular formula is C75H51N5. The van der Waals surface area contributed by atoms with Gasteiger partial charge in [-0.2, -0.15) is 0 Å². The molecule has 0 fully saturated rings. The van der Waals surface area contributed by atoms with E-state index in [9.17, 15) is 0 Å². The fourth-order valence-corrected chi connectivity index (χ4v) is 11.3. The standard InChI is InChI=1S/C75H51N5/c1-51(52-24-8-2-9-25-52)46-59(54-28-12-4-13-29-54)44-45-72-76-74(58-42-40-55(41-43-58)53-26-10-3-11-27-53)78-75(77-72)60-47-64(56-30-14-5-15-31-56)73(65(48-60)57-32-16-6-17-33-57)80-69-39-23-21-37-63(69)67-49-70-66(50-71(67)80)62-36-20-22-38-68(62)79(70)61-34-18-7-19-35-61/h2-50H,1H2/b45-44+,59-46+. The van der Waals surface area contributed by atoms with Crippen LogP contribution in [0, 0.1) is 0 Å². The van der Waals surface area contributed by atoms with Crippen molar-refractivity contribution >= 4 is 60.8 Å². The number of nitrogens with zero attached hydrogens (tertiary/aromatic N) is 5. The van der Waals surface area contributed by atoms with Crippen molar-refractivity contribution in [2.45, 2.75) is 0 Å². The molecule has 5 nitrogen and oxygen atoms in total. The van der Waals surface area contributed by atoms with E-state index in [0.717, 1.165) is 94.7 Å². The second-order valence-electron chi connectivity index (χ2n) is 20.1. The van der Waals surface area contributed by atoms with E-state index in [1.165, 1.54) is 27.1 Å². The molecule has 0 aliphatic carbocycles. The van der Waals surface area contributed by atoms with Gasteiger partial charge in [0.15, 0.2) is 17.5 Å². The zero-order chi connectivity index (χ0) is 53.4. The lowest BCUT2D eigenvalue weighted by molar-refractivity contribution is 1.04. The van der Waals surface area contributed by atoms with Gasteiger partial charge in [0.25, 0.3) is 0 Å². The van der Waals surface area contributed by atoms with Gasteiger partial charge in [0.1, 0.15) is 0 Å². The zero-order valence-corrected chi connectivity index (χ0v) is 43.7. The van der Waals surface area contributed by atoms with E-state index < -0.39 is 0 Å². The van der Waals surface area contributed by atoms with Crippen LogP contribution in [0.25, 0.3) is 128 Å². The first-order chi connectivity index (χ1) is 39.6. The summed E-state index contributed by atoms with van der Waals surface area (Å²) in [5, 5.41) is 4.72. The Hall–Kier alpha value is -10.8. The molecule has 80 heavy (non-hydrogen) atoms. The Balaban J connectivity index is 1.02. The smallest absolute Gasteiger partial charge is 0.164 e. The third-order valence-electron chi connectivity index (χ3n) is 15.1. The average Bonchev–Trinajstić information content (AvgIpc) is 4.17. The van der Waals surface area contributed by atoms with E-state index in [0.29, 0.717) is 17.5 Å². The van der Waals surface area contributed by atoms with Crippen molar-refractivity contribution in [2.24, 2.45) is 0 Å². The fourth-order valence-electron chi connectivity index (χ4n) is 11.3. The van der Waals surface area contributed by atoms with Gasteiger partial charge in [-0.05, 0) is 105 Å². The summed E-state index contributed by atoms with van der Waals surface area (Å²) in [4.78, 5) is 16.0. The number of rotatable bonds is 12. The van der Waals surface area contributed by atoms with Crippen molar-refractivity contribution < 1.29 is 0 Å². The van der Waals surface area contributed by atoms with Crippen molar-refractivity contribution in [3.05, 3.63) is 315 Å². The molecule has 0 aliphatic heterocycles. The normalized spacial score (nSPS) is 11.8. The molecule has 0 atom stereocenters. The monoisotopic (exact) mass is 1020 g/mol. The summed E-state index contributed by atoms with van der Waals surface area (Å²) in [6, 6.07) is 98.7. The molecule has 0 radical (unpaired) electrons. The van der Waals surface area contributed by atoms with Crippen LogP contribution in [-0.2, 0) is 0 Å². The molecule has 5 heteroatoms. The van der Waals surface area contributed by atoms with Gasteiger partial charge in [-0.1, -0.05) is 243 Å². The first-order valence-electron chi connectivity index (χ1n) is 27.0. The van der Waals surface area contributed by atoms with Crippen LogP contribution < -0.4 is 0 Å². The van der Waals surface area contributed by atoms with Gasteiger partial charge in [-0.3, -0.25) is 0 Å². The quantitative estimate of drug-likeness (QED) is 0.115. The maximum Gasteiger partial charge on any atom is 0.164 e. The number of hydrogen-bond donors (Lipinski definition) is 0. The van der Waals surface area contributed by atoms with Crippen LogP contribution in [0.3, 0.4) is 0 Å². The minimum atomic E-state index is 0.525. The van der Waals surface area contributed by atoms with Gasteiger partial charge in [0, 0.05) is 49.5 Å². The number of fused-ring (bicyclic) bond motifs is 6. The molecule has 0 bridgehead atoms. The predicted molar refractivity (Wildman–Crippen MR) is 335 cm³/mol. The summed E-state index contributed by atoms with van der Waals surface area (Å²) in [5.74, 6) is 1.65. The molecule has 376 valence electrons. The van der Waals surface area contributed by atoms with E-state index >= 15 is 0 Å². The van der Waals surface area contributed by atoms with Crippen molar-refractivity contribution in [1.29, 1.82) is 0 Å². The number of aromatic nitrogens is 5. The highest BCUT2D eigenvalue weighted by molar-refractivity contribution is 6.19. The molecule has 14 aromatic rings. The Morgan fingerprint density at radius 3 is 1.32 bits per heavy atom. The number of hydrogen-bond acceptors (Lipinski definition) is 3. The van der Waals surface area contributed by atoms with E-state index in [4.69, 9.17) is 15.0 Å². The molecular weight excluding hydrogens is 971 g/mol. The van der Waals surface area contributed by atoms with Crippen molar-refractivity contribution in [2.75, 3.05) is 0 Å². The molecule has 0 unspecified atom stereocenters. The molecule has 0 spiro atoms. The van der Waals surface area contributed by atoms with Gasteiger partial charge in [-0.25, -0.2) is 15.0 Å². The van der Waals surface area contributed by atoms with Gasteiger partial charge >= 0.3 is 0 Å². The van der Waals surface area contributed by atoms with E-state index in [-0.39, 0.29) is 0 Å². The van der Waals surface area contributed by atoms with Crippen molar-refractivity contribution in [3.8, 4) is 67.5 Å². The van der Waals surface area contributed by atoms with Crippen LogP contribution in [0.2, 0.25) is 0 Å². The Bertz CT molecular complexity index is 4600.